The standard InChI is InChI=1S/C30H33ClN4O3/c31-24-13-14-28-27(18-24)32-29(36)35(28)26-15-17-34(30(37)38)25(19-26)12-7-16-33(20-22-8-3-1-4-9-22)21-23-10-5-2-6-11-23/h1-6,8-11,13-14,18,25-26H,7,12,15-17,19-21H2,(H,32,36)(H,37,38)/t25-,26?/m0/s1. The molecular weight excluding hydrogens is 500 g/mol. The molecule has 1 aliphatic heterocycles. The Morgan fingerprint density at radius 2 is 1.66 bits per heavy atom. The van der Waals surface area contributed by atoms with Gasteiger partial charge >= 0.3 is 11.8 Å². The van der Waals surface area contributed by atoms with E-state index >= 15 is 0 Å². The van der Waals surface area contributed by atoms with Crippen molar-refractivity contribution in [2.75, 3.05) is 13.1 Å². The average molecular weight is 533 g/mol. The molecule has 1 fully saturated rings. The van der Waals surface area contributed by atoms with Crippen molar-refractivity contribution in [3.05, 3.63) is 105 Å². The lowest BCUT2D eigenvalue weighted by molar-refractivity contribution is 0.0853. The Kier molecular flexibility index (Phi) is 8.15. The maximum atomic E-state index is 12.8. The maximum absolute atomic E-state index is 12.8. The summed E-state index contributed by atoms with van der Waals surface area (Å²) in [5, 5.41) is 10.5. The summed E-state index contributed by atoms with van der Waals surface area (Å²) in [5.74, 6) is 0. The number of hydrogen-bond acceptors (Lipinski definition) is 3. The Morgan fingerprint density at radius 1 is 1.00 bits per heavy atom. The topological polar surface area (TPSA) is 81.6 Å². The molecule has 198 valence electrons. The predicted molar refractivity (Wildman–Crippen MR) is 151 cm³/mol. The number of H-pyrrole nitrogens is 1. The summed E-state index contributed by atoms with van der Waals surface area (Å²) in [4.78, 5) is 31.8. The fourth-order valence-electron chi connectivity index (χ4n) is 5.70. The van der Waals surface area contributed by atoms with Gasteiger partial charge in [0, 0.05) is 36.7 Å². The molecule has 0 radical (unpaired) electrons. The van der Waals surface area contributed by atoms with Gasteiger partial charge in [0.15, 0.2) is 0 Å². The van der Waals surface area contributed by atoms with Gasteiger partial charge in [0.1, 0.15) is 0 Å². The molecule has 0 saturated carbocycles. The first-order valence-electron chi connectivity index (χ1n) is 13.2. The quantitative estimate of drug-likeness (QED) is 0.271. The van der Waals surface area contributed by atoms with E-state index in [0.717, 1.165) is 38.0 Å². The minimum Gasteiger partial charge on any atom is -0.465 e. The summed E-state index contributed by atoms with van der Waals surface area (Å²) in [7, 11) is 0. The van der Waals surface area contributed by atoms with Crippen LogP contribution in [0.3, 0.4) is 0 Å². The molecule has 2 atom stereocenters. The summed E-state index contributed by atoms with van der Waals surface area (Å²) in [6.07, 6.45) is 1.92. The average Bonchev–Trinajstić information content (AvgIpc) is 3.24. The highest BCUT2D eigenvalue weighted by molar-refractivity contribution is 6.31. The highest BCUT2D eigenvalue weighted by Gasteiger charge is 2.33. The molecule has 0 spiro atoms. The van der Waals surface area contributed by atoms with Crippen molar-refractivity contribution in [3.8, 4) is 0 Å². The van der Waals surface area contributed by atoms with E-state index in [1.165, 1.54) is 11.1 Å². The molecule has 1 saturated heterocycles. The molecule has 3 aromatic carbocycles. The largest absolute Gasteiger partial charge is 0.465 e. The monoisotopic (exact) mass is 532 g/mol. The van der Waals surface area contributed by atoms with Gasteiger partial charge in [0.05, 0.1) is 11.0 Å². The number of piperidine rings is 1. The summed E-state index contributed by atoms with van der Waals surface area (Å²) in [6.45, 7) is 2.93. The number of nitrogens with zero attached hydrogens (tertiary/aromatic N) is 3. The first-order valence-corrected chi connectivity index (χ1v) is 13.6. The lowest BCUT2D eigenvalue weighted by atomic mass is 9.93. The van der Waals surface area contributed by atoms with Crippen LogP contribution in [0, 0.1) is 0 Å². The zero-order valence-corrected chi connectivity index (χ0v) is 22.1. The predicted octanol–water partition coefficient (Wildman–Crippen LogP) is 6.15. The van der Waals surface area contributed by atoms with Gasteiger partial charge in [-0.25, -0.2) is 9.59 Å². The van der Waals surface area contributed by atoms with E-state index in [9.17, 15) is 14.7 Å². The number of carboxylic acid groups (broad SMARTS) is 1. The van der Waals surface area contributed by atoms with Crippen molar-refractivity contribution in [2.45, 2.75) is 50.9 Å². The molecule has 8 heteroatoms. The zero-order chi connectivity index (χ0) is 26.5. The van der Waals surface area contributed by atoms with E-state index in [2.05, 4.69) is 58.4 Å². The van der Waals surface area contributed by atoms with Crippen LogP contribution in [0.25, 0.3) is 11.0 Å². The lowest BCUT2D eigenvalue weighted by Crippen LogP contribution is -2.47. The Balaban J connectivity index is 1.29. The molecule has 2 N–H and O–H groups in total. The van der Waals surface area contributed by atoms with Crippen LogP contribution in [0.4, 0.5) is 4.79 Å². The first-order chi connectivity index (χ1) is 18.5. The van der Waals surface area contributed by atoms with Gasteiger partial charge in [-0.15, -0.1) is 0 Å². The second-order valence-corrected chi connectivity index (χ2v) is 10.5. The molecule has 1 aliphatic rings. The number of carbonyl (C=O) groups is 1. The number of hydrogen-bond donors (Lipinski definition) is 2. The van der Waals surface area contributed by atoms with Crippen LogP contribution < -0.4 is 5.69 Å². The zero-order valence-electron chi connectivity index (χ0n) is 21.3. The SMILES string of the molecule is O=C(O)N1CCC(n2c(=O)[nH]c3cc(Cl)ccc32)C[C@@H]1CCCN(Cc1ccccc1)Cc1ccccc1. The van der Waals surface area contributed by atoms with Crippen LogP contribution in [0.1, 0.15) is 42.9 Å². The van der Waals surface area contributed by atoms with Gasteiger partial charge in [0.25, 0.3) is 0 Å². The Hall–Kier alpha value is -3.55. The minimum atomic E-state index is -0.892. The third kappa shape index (κ3) is 6.11. The van der Waals surface area contributed by atoms with Gasteiger partial charge in [-0.1, -0.05) is 72.3 Å². The molecule has 0 aliphatic carbocycles. The van der Waals surface area contributed by atoms with E-state index in [0.29, 0.717) is 29.9 Å². The minimum absolute atomic E-state index is 0.0669. The second-order valence-electron chi connectivity index (χ2n) is 10.1. The Labute approximate surface area is 227 Å². The number of amides is 1. The van der Waals surface area contributed by atoms with Crippen LogP contribution in [-0.4, -0.2) is 49.7 Å². The molecule has 38 heavy (non-hydrogen) atoms. The number of likely N-dealkylation sites (tertiary alicyclic amines) is 1. The van der Waals surface area contributed by atoms with Crippen molar-refractivity contribution >= 4 is 28.7 Å². The van der Waals surface area contributed by atoms with Crippen LogP contribution >= 0.6 is 11.6 Å². The Morgan fingerprint density at radius 3 is 2.29 bits per heavy atom. The van der Waals surface area contributed by atoms with Crippen molar-refractivity contribution in [1.29, 1.82) is 0 Å². The summed E-state index contributed by atoms with van der Waals surface area (Å²) >= 11 is 6.12. The maximum Gasteiger partial charge on any atom is 0.407 e. The van der Waals surface area contributed by atoms with Gasteiger partial charge in [-0.3, -0.25) is 9.47 Å². The third-order valence-electron chi connectivity index (χ3n) is 7.49. The van der Waals surface area contributed by atoms with E-state index in [-0.39, 0.29) is 17.8 Å². The van der Waals surface area contributed by atoms with E-state index < -0.39 is 6.09 Å². The lowest BCUT2D eigenvalue weighted by Gasteiger charge is -2.38. The molecule has 1 aromatic heterocycles. The number of rotatable bonds is 9. The van der Waals surface area contributed by atoms with Gasteiger partial charge in [0.2, 0.25) is 0 Å². The number of benzene rings is 3. The highest BCUT2D eigenvalue weighted by Crippen LogP contribution is 2.31. The Bertz CT molecular complexity index is 1380. The molecule has 1 unspecified atom stereocenters. The van der Waals surface area contributed by atoms with Gasteiger partial charge in [-0.2, -0.15) is 0 Å². The fraction of sp³-hybridized carbons (Fsp3) is 0.333. The van der Waals surface area contributed by atoms with Crippen LogP contribution in [-0.2, 0) is 13.1 Å². The highest BCUT2D eigenvalue weighted by atomic mass is 35.5. The number of aromatic nitrogens is 2. The fourth-order valence-corrected chi connectivity index (χ4v) is 5.88. The van der Waals surface area contributed by atoms with Crippen molar-refractivity contribution in [3.63, 3.8) is 0 Å². The number of halogens is 1. The van der Waals surface area contributed by atoms with Crippen LogP contribution in [0.2, 0.25) is 5.02 Å². The summed E-state index contributed by atoms with van der Waals surface area (Å²) in [5.41, 5.74) is 3.85. The molecule has 5 rings (SSSR count). The first kappa shape index (κ1) is 26.1. The third-order valence-corrected chi connectivity index (χ3v) is 7.72. The van der Waals surface area contributed by atoms with Crippen molar-refractivity contribution in [1.82, 2.24) is 19.4 Å². The molecule has 1 amide bonds. The summed E-state index contributed by atoms with van der Waals surface area (Å²) in [6, 6.07) is 26.0. The van der Waals surface area contributed by atoms with Gasteiger partial charge in [-0.05, 0) is 61.6 Å². The molecule has 7 nitrogen and oxygen atoms in total. The van der Waals surface area contributed by atoms with E-state index in [4.69, 9.17) is 11.6 Å². The van der Waals surface area contributed by atoms with E-state index in [1.807, 2.05) is 18.2 Å². The summed E-state index contributed by atoms with van der Waals surface area (Å²) < 4.78 is 1.79. The van der Waals surface area contributed by atoms with Crippen molar-refractivity contribution < 1.29 is 9.90 Å². The van der Waals surface area contributed by atoms with Crippen molar-refractivity contribution in [2.24, 2.45) is 0 Å². The second kappa shape index (κ2) is 11.9. The normalized spacial score (nSPS) is 17.8. The van der Waals surface area contributed by atoms with Crippen LogP contribution in [0.15, 0.2) is 83.7 Å². The molecule has 0 bridgehead atoms. The molecule has 2 heterocycles. The smallest absolute Gasteiger partial charge is 0.407 e. The van der Waals surface area contributed by atoms with Gasteiger partial charge < -0.3 is 15.0 Å². The number of fused-ring (bicyclic) bond motifs is 1. The number of nitrogens with one attached hydrogen (secondary N) is 1. The van der Waals surface area contributed by atoms with E-state index in [1.54, 1.807) is 21.6 Å². The molecular formula is C30H33ClN4O3. The van der Waals surface area contributed by atoms with Crippen LogP contribution in [0.5, 0.6) is 0 Å². The number of aromatic amines is 1. The number of imidazole rings is 1. The molecule has 4 aromatic rings.